The second-order valence-corrected chi connectivity index (χ2v) is 12.6. The Labute approximate surface area is 241 Å². The summed E-state index contributed by atoms with van der Waals surface area (Å²) in [6.07, 6.45) is 0.785. The molecule has 1 aliphatic rings. The number of aryl methyl sites for hydroxylation is 1. The third-order valence-corrected chi connectivity index (χ3v) is 5.92. The molecule has 0 saturated carbocycles. The van der Waals surface area contributed by atoms with Gasteiger partial charge in [-0.15, -0.1) is 11.3 Å². The van der Waals surface area contributed by atoms with E-state index in [9.17, 15) is 19.2 Å². The van der Waals surface area contributed by atoms with Gasteiger partial charge in [0.1, 0.15) is 35.1 Å². The Balaban J connectivity index is 1.83. The Kier molecular flexibility index (Phi) is 9.05. The van der Waals surface area contributed by atoms with Gasteiger partial charge in [0.2, 0.25) is 11.5 Å². The number of ether oxygens (including phenoxy) is 2. The number of oxime groups is 1. The van der Waals surface area contributed by atoms with E-state index in [4.69, 9.17) is 14.3 Å². The van der Waals surface area contributed by atoms with Gasteiger partial charge in [0, 0.05) is 5.38 Å². The van der Waals surface area contributed by atoms with Gasteiger partial charge in [-0.2, -0.15) is 5.10 Å². The van der Waals surface area contributed by atoms with Crippen molar-refractivity contribution in [3.63, 3.8) is 0 Å². The van der Waals surface area contributed by atoms with Gasteiger partial charge in [0.05, 0.1) is 12.6 Å². The summed E-state index contributed by atoms with van der Waals surface area (Å²) in [7, 11) is 0. The highest BCUT2D eigenvalue weighted by atomic mass is 32.1. The third-order valence-electron chi connectivity index (χ3n) is 5.16. The number of rotatable bonds is 9. The van der Waals surface area contributed by atoms with Crippen LogP contribution in [0.3, 0.4) is 0 Å². The van der Waals surface area contributed by atoms with E-state index in [0.29, 0.717) is 5.82 Å². The van der Waals surface area contributed by atoms with Crippen LogP contribution in [0.1, 0.15) is 66.9 Å². The summed E-state index contributed by atoms with van der Waals surface area (Å²) in [6.45, 7) is 15.1. The van der Waals surface area contributed by atoms with E-state index >= 15 is 0 Å². The van der Waals surface area contributed by atoms with Crippen molar-refractivity contribution < 1.29 is 33.5 Å². The normalized spacial score (nSPS) is 17.7. The molecule has 0 aliphatic carbocycles. The molecular formula is C25H36N8O7S. The van der Waals surface area contributed by atoms with E-state index in [-0.39, 0.29) is 23.1 Å². The maximum atomic E-state index is 13.4. The highest BCUT2D eigenvalue weighted by molar-refractivity contribution is 7.14. The average molecular weight is 593 g/mol. The summed E-state index contributed by atoms with van der Waals surface area (Å²) in [4.78, 5) is 64.4. The maximum absolute atomic E-state index is 13.4. The Morgan fingerprint density at radius 3 is 2.32 bits per heavy atom. The van der Waals surface area contributed by atoms with Crippen molar-refractivity contribution in [3.05, 3.63) is 23.2 Å². The maximum Gasteiger partial charge on any atom is 0.413 e. The van der Waals surface area contributed by atoms with Crippen LogP contribution >= 0.6 is 11.3 Å². The van der Waals surface area contributed by atoms with Crippen molar-refractivity contribution in [3.8, 4) is 0 Å². The summed E-state index contributed by atoms with van der Waals surface area (Å²) in [5.41, 5.74) is -3.39. The Morgan fingerprint density at radius 2 is 1.76 bits per heavy atom. The summed E-state index contributed by atoms with van der Waals surface area (Å²) in [6, 6.07) is -1.37. The molecule has 0 aromatic carbocycles. The molecule has 3 N–H and O–H groups in total. The summed E-state index contributed by atoms with van der Waals surface area (Å²) >= 11 is 1.01. The predicted molar refractivity (Wildman–Crippen MR) is 148 cm³/mol. The zero-order valence-electron chi connectivity index (χ0n) is 24.5. The number of nitrogens with zero attached hydrogens (tertiary/aromatic N) is 5. The molecule has 1 saturated heterocycles. The van der Waals surface area contributed by atoms with Crippen LogP contribution in [0, 0.1) is 6.92 Å². The molecule has 224 valence electrons. The Hall–Kier alpha value is -4.08. The van der Waals surface area contributed by atoms with E-state index in [1.165, 1.54) is 25.6 Å². The van der Waals surface area contributed by atoms with Crippen LogP contribution in [-0.2, 0) is 35.2 Å². The van der Waals surface area contributed by atoms with Crippen LogP contribution in [0.15, 0.2) is 16.9 Å². The lowest BCUT2D eigenvalue weighted by Gasteiger charge is -2.36. The molecule has 3 amide bonds. The van der Waals surface area contributed by atoms with Crippen molar-refractivity contribution in [1.82, 2.24) is 30.4 Å². The highest BCUT2D eigenvalue weighted by Gasteiger charge is 2.42. The van der Waals surface area contributed by atoms with E-state index in [1.54, 1.807) is 53.1 Å². The van der Waals surface area contributed by atoms with Crippen LogP contribution < -0.4 is 16.0 Å². The quantitative estimate of drug-likeness (QED) is 0.168. The van der Waals surface area contributed by atoms with Crippen molar-refractivity contribution in [1.29, 1.82) is 0 Å². The summed E-state index contributed by atoms with van der Waals surface area (Å²) < 4.78 is 12.2. The van der Waals surface area contributed by atoms with E-state index in [1.807, 2.05) is 0 Å². The number of β-lactam (4-membered cyclic amide) rings is 1. The van der Waals surface area contributed by atoms with Crippen molar-refractivity contribution >= 4 is 46.1 Å². The molecule has 2 aromatic rings. The number of carbonyl (C=O) groups is 4. The standard InChI is InChI=1S/C25H36N8O7S/c1-13-26-12-33(31-13)10-14-16(18(34)27-14)29-19(35)17(32-40-25(8,9)20(36)38-23(2,3)4)15-11-41-21(28-15)30-22(37)39-24(5,6)7/h11-12,14,16H,10H2,1-9H3,(H,27,34)(H,29,35)(H,28,30,37)/b32-17+/t14-,16+/m1/s1. The number of hydrogen-bond acceptors (Lipinski definition) is 12. The number of carbonyl (C=O) groups excluding carboxylic acids is 4. The smallest absolute Gasteiger partial charge is 0.413 e. The predicted octanol–water partition coefficient (Wildman–Crippen LogP) is 1.91. The number of thiazole rings is 1. The Bertz CT molecular complexity index is 1340. The van der Waals surface area contributed by atoms with Gasteiger partial charge in [-0.25, -0.2) is 19.6 Å². The van der Waals surface area contributed by atoms with Crippen LogP contribution in [-0.4, -0.2) is 78.2 Å². The van der Waals surface area contributed by atoms with Gasteiger partial charge < -0.3 is 24.9 Å². The van der Waals surface area contributed by atoms with Gasteiger partial charge in [0.15, 0.2) is 10.8 Å². The molecule has 0 unspecified atom stereocenters. The molecule has 15 nitrogen and oxygen atoms in total. The fourth-order valence-electron chi connectivity index (χ4n) is 3.28. The minimum atomic E-state index is -1.58. The molecule has 1 fully saturated rings. The van der Waals surface area contributed by atoms with Gasteiger partial charge in [0.25, 0.3) is 5.91 Å². The monoisotopic (exact) mass is 592 g/mol. The molecule has 16 heteroatoms. The van der Waals surface area contributed by atoms with E-state index < -0.39 is 52.8 Å². The number of anilines is 1. The molecule has 0 spiro atoms. The van der Waals surface area contributed by atoms with Crippen molar-refractivity contribution in [2.75, 3.05) is 5.32 Å². The SMILES string of the molecule is Cc1ncn(C[C@H]2NC(=O)[C@H]2NC(=O)/C(=N/OC(C)(C)C(=O)OC(C)(C)C)c2csc(NC(=O)OC(C)(C)C)n2)n1. The number of aromatic nitrogens is 4. The Morgan fingerprint density at radius 1 is 1.10 bits per heavy atom. The van der Waals surface area contributed by atoms with E-state index in [2.05, 4.69) is 36.2 Å². The summed E-state index contributed by atoms with van der Waals surface area (Å²) in [5, 5.41) is 17.6. The first kappa shape index (κ1) is 31.4. The van der Waals surface area contributed by atoms with Gasteiger partial charge in [-0.3, -0.25) is 19.6 Å². The molecule has 3 heterocycles. The van der Waals surface area contributed by atoms with Crippen molar-refractivity contribution in [2.45, 2.75) is 97.7 Å². The first-order valence-corrected chi connectivity index (χ1v) is 13.6. The lowest BCUT2D eigenvalue weighted by atomic mass is 9.98. The molecule has 2 aromatic heterocycles. The zero-order chi connectivity index (χ0) is 30.8. The van der Waals surface area contributed by atoms with Crippen LogP contribution in [0.2, 0.25) is 0 Å². The van der Waals surface area contributed by atoms with Crippen LogP contribution in [0.4, 0.5) is 9.93 Å². The number of amides is 3. The molecule has 0 bridgehead atoms. The minimum absolute atomic E-state index is 0.0294. The molecule has 41 heavy (non-hydrogen) atoms. The molecule has 0 radical (unpaired) electrons. The fourth-order valence-corrected chi connectivity index (χ4v) is 3.96. The summed E-state index contributed by atoms with van der Waals surface area (Å²) in [5.74, 6) is -1.34. The van der Waals surface area contributed by atoms with Crippen molar-refractivity contribution in [2.24, 2.45) is 5.16 Å². The number of hydrogen-bond donors (Lipinski definition) is 3. The van der Waals surface area contributed by atoms with Gasteiger partial charge in [-0.1, -0.05) is 5.16 Å². The average Bonchev–Trinajstić information content (AvgIpc) is 3.43. The molecular weight excluding hydrogens is 556 g/mol. The first-order valence-electron chi connectivity index (χ1n) is 12.8. The highest BCUT2D eigenvalue weighted by Crippen LogP contribution is 2.21. The van der Waals surface area contributed by atoms with Gasteiger partial charge in [-0.05, 0) is 62.3 Å². The topological polar surface area (TPSA) is 188 Å². The second kappa shape index (κ2) is 11.8. The molecule has 3 rings (SSSR count). The number of esters is 1. The second-order valence-electron chi connectivity index (χ2n) is 11.8. The minimum Gasteiger partial charge on any atom is -0.457 e. The number of nitrogens with one attached hydrogen (secondary N) is 3. The largest absolute Gasteiger partial charge is 0.457 e. The first-order chi connectivity index (χ1) is 18.8. The van der Waals surface area contributed by atoms with Gasteiger partial charge >= 0.3 is 12.1 Å². The molecule has 1 aliphatic heterocycles. The van der Waals surface area contributed by atoms with Crippen LogP contribution in [0.5, 0.6) is 0 Å². The van der Waals surface area contributed by atoms with Crippen LogP contribution in [0.25, 0.3) is 0 Å². The third kappa shape index (κ3) is 8.96. The lowest BCUT2D eigenvalue weighted by Crippen LogP contribution is -2.70. The zero-order valence-corrected chi connectivity index (χ0v) is 25.3. The molecule has 2 atom stereocenters. The van der Waals surface area contributed by atoms with E-state index in [0.717, 1.165) is 11.3 Å². The lowest BCUT2D eigenvalue weighted by molar-refractivity contribution is -0.179. The fraction of sp³-hybridized carbons (Fsp3) is 0.600.